The number of piperidine rings is 1. The summed E-state index contributed by atoms with van der Waals surface area (Å²) >= 11 is 3.77. The Bertz CT molecular complexity index is 662. The summed E-state index contributed by atoms with van der Waals surface area (Å²) in [4.78, 5) is 14.6. The molecule has 120 valence electrons. The quantitative estimate of drug-likeness (QED) is 0.765. The lowest BCUT2D eigenvalue weighted by molar-refractivity contribution is -0.0500. The summed E-state index contributed by atoms with van der Waals surface area (Å²) in [6.07, 6.45) is 0.766. The lowest BCUT2D eigenvalue weighted by atomic mass is 9.84. The van der Waals surface area contributed by atoms with Gasteiger partial charge in [0.15, 0.2) is 0 Å². The van der Waals surface area contributed by atoms with Crippen LogP contribution in [0, 0.1) is 0 Å². The average Bonchev–Trinajstić information content (AvgIpc) is 2.63. The van der Waals surface area contributed by atoms with Crippen LogP contribution in [0.15, 0.2) is 60.7 Å². The van der Waals surface area contributed by atoms with E-state index in [0.29, 0.717) is 13.1 Å². The number of alkyl halides is 1. The van der Waals surface area contributed by atoms with E-state index in [1.54, 1.807) is 7.11 Å². The van der Waals surface area contributed by atoms with E-state index in [0.717, 1.165) is 17.5 Å². The van der Waals surface area contributed by atoms with E-state index in [1.807, 2.05) is 53.4 Å². The van der Waals surface area contributed by atoms with Gasteiger partial charge in [-0.15, -0.1) is 0 Å². The second kappa shape index (κ2) is 6.85. The molecule has 3 nitrogen and oxygen atoms in total. The summed E-state index contributed by atoms with van der Waals surface area (Å²) in [5.74, 6) is 0.0767. The zero-order valence-corrected chi connectivity index (χ0v) is 14.7. The number of likely N-dealkylation sites (tertiary alicyclic amines) is 1. The molecule has 0 spiro atoms. The first-order chi connectivity index (χ1) is 11.2. The second-order valence-electron chi connectivity index (χ2n) is 5.79. The predicted octanol–water partition coefficient (Wildman–Crippen LogP) is 3.84. The number of halogens is 1. The van der Waals surface area contributed by atoms with Crippen molar-refractivity contribution in [2.75, 3.05) is 20.2 Å². The average molecular weight is 374 g/mol. The Labute approximate surface area is 145 Å². The van der Waals surface area contributed by atoms with Crippen molar-refractivity contribution in [3.8, 4) is 0 Å². The van der Waals surface area contributed by atoms with Crippen molar-refractivity contribution >= 4 is 21.8 Å². The molecule has 0 unspecified atom stereocenters. The highest BCUT2D eigenvalue weighted by molar-refractivity contribution is 9.09. The maximum absolute atomic E-state index is 12.6. The lowest BCUT2D eigenvalue weighted by Crippen LogP contribution is -2.53. The largest absolute Gasteiger partial charge is 0.372 e. The fourth-order valence-corrected chi connectivity index (χ4v) is 4.26. The summed E-state index contributed by atoms with van der Waals surface area (Å²) in [6, 6.07) is 19.7. The molecule has 0 aliphatic carbocycles. The standard InChI is InChI=1S/C19H20BrNO2/c1-23-19(16-10-6-3-7-11-16)12-13-21(14-17(19)20)18(22)15-8-4-2-5-9-15/h2-11,17H,12-14H2,1H3/t17-,19-/m0/s1. The van der Waals surface area contributed by atoms with E-state index in [4.69, 9.17) is 4.74 Å². The van der Waals surface area contributed by atoms with Gasteiger partial charge in [0.1, 0.15) is 5.60 Å². The van der Waals surface area contributed by atoms with Crippen LogP contribution in [0.5, 0.6) is 0 Å². The van der Waals surface area contributed by atoms with E-state index in [-0.39, 0.29) is 10.7 Å². The van der Waals surface area contributed by atoms with Gasteiger partial charge < -0.3 is 9.64 Å². The Morgan fingerprint density at radius 3 is 2.30 bits per heavy atom. The van der Waals surface area contributed by atoms with Crippen molar-refractivity contribution in [2.45, 2.75) is 16.8 Å². The van der Waals surface area contributed by atoms with Gasteiger partial charge in [-0.05, 0) is 24.1 Å². The number of carbonyl (C=O) groups is 1. The van der Waals surface area contributed by atoms with Gasteiger partial charge in [0, 0.05) is 25.8 Å². The molecule has 1 amide bonds. The topological polar surface area (TPSA) is 29.5 Å². The number of benzene rings is 2. The monoisotopic (exact) mass is 373 g/mol. The van der Waals surface area contributed by atoms with Gasteiger partial charge in [-0.25, -0.2) is 0 Å². The normalized spacial score (nSPS) is 24.4. The van der Waals surface area contributed by atoms with Crippen LogP contribution in [0.1, 0.15) is 22.3 Å². The third kappa shape index (κ3) is 3.06. The molecule has 2 aromatic rings. The van der Waals surface area contributed by atoms with Crippen LogP contribution in [0.3, 0.4) is 0 Å². The lowest BCUT2D eigenvalue weighted by Gasteiger charge is -2.45. The van der Waals surface area contributed by atoms with Crippen LogP contribution in [0.4, 0.5) is 0 Å². The number of amides is 1. The minimum atomic E-state index is -0.394. The maximum atomic E-state index is 12.6. The first kappa shape index (κ1) is 16.2. The minimum absolute atomic E-state index is 0.0452. The van der Waals surface area contributed by atoms with Crippen LogP contribution >= 0.6 is 15.9 Å². The molecule has 0 aromatic heterocycles. The first-order valence-electron chi connectivity index (χ1n) is 7.76. The van der Waals surface area contributed by atoms with E-state index in [2.05, 4.69) is 28.1 Å². The van der Waals surface area contributed by atoms with Gasteiger partial charge in [-0.2, -0.15) is 0 Å². The maximum Gasteiger partial charge on any atom is 0.253 e. The van der Waals surface area contributed by atoms with Crippen LogP contribution < -0.4 is 0 Å². The molecule has 0 N–H and O–H groups in total. The molecular formula is C19H20BrNO2. The molecular weight excluding hydrogens is 354 g/mol. The van der Waals surface area contributed by atoms with E-state index >= 15 is 0 Å². The zero-order valence-electron chi connectivity index (χ0n) is 13.1. The molecule has 1 aliphatic rings. The minimum Gasteiger partial charge on any atom is -0.372 e. The first-order valence-corrected chi connectivity index (χ1v) is 8.68. The third-order valence-corrected chi connectivity index (χ3v) is 5.60. The number of ether oxygens (including phenoxy) is 1. The Morgan fingerprint density at radius 1 is 1.13 bits per heavy atom. The predicted molar refractivity (Wildman–Crippen MR) is 94.8 cm³/mol. The number of hydrogen-bond donors (Lipinski definition) is 0. The summed E-state index contributed by atoms with van der Waals surface area (Å²) in [5, 5.41) is 0. The molecule has 23 heavy (non-hydrogen) atoms. The summed E-state index contributed by atoms with van der Waals surface area (Å²) in [6.45, 7) is 1.30. The van der Waals surface area contributed by atoms with Gasteiger partial charge in [-0.3, -0.25) is 4.79 Å². The number of methoxy groups -OCH3 is 1. The Hall–Kier alpha value is -1.65. The highest BCUT2D eigenvalue weighted by Gasteiger charge is 2.44. The number of hydrogen-bond acceptors (Lipinski definition) is 2. The van der Waals surface area contributed by atoms with E-state index in [9.17, 15) is 4.79 Å². The van der Waals surface area contributed by atoms with Crippen LogP contribution in [0.2, 0.25) is 0 Å². The van der Waals surface area contributed by atoms with Crippen molar-refractivity contribution in [1.29, 1.82) is 0 Å². The second-order valence-corrected chi connectivity index (χ2v) is 6.90. The SMILES string of the molecule is CO[C@]1(c2ccccc2)CCN(C(=O)c2ccccc2)C[C@@H]1Br. The van der Waals surface area contributed by atoms with Gasteiger partial charge in [0.05, 0.1) is 4.83 Å². The number of nitrogens with zero attached hydrogens (tertiary/aromatic N) is 1. The van der Waals surface area contributed by atoms with Crippen LogP contribution in [-0.4, -0.2) is 35.8 Å². The van der Waals surface area contributed by atoms with Crippen molar-refractivity contribution in [3.05, 3.63) is 71.8 Å². The molecule has 0 radical (unpaired) electrons. The molecule has 1 saturated heterocycles. The van der Waals surface area contributed by atoms with E-state index in [1.165, 1.54) is 0 Å². The summed E-state index contributed by atoms with van der Waals surface area (Å²) in [7, 11) is 1.75. The molecule has 4 heteroatoms. The molecule has 3 rings (SSSR count). The third-order valence-electron chi connectivity index (χ3n) is 4.57. The molecule has 1 fully saturated rings. The number of carbonyl (C=O) groups excluding carboxylic acids is 1. The molecule has 2 atom stereocenters. The number of rotatable bonds is 3. The Kier molecular flexibility index (Phi) is 4.83. The molecule has 1 aliphatic heterocycles. The van der Waals surface area contributed by atoms with E-state index < -0.39 is 5.60 Å². The van der Waals surface area contributed by atoms with Gasteiger partial charge in [-0.1, -0.05) is 64.5 Å². The van der Waals surface area contributed by atoms with Crippen LogP contribution in [0.25, 0.3) is 0 Å². The molecule has 2 aromatic carbocycles. The molecule has 0 bridgehead atoms. The van der Waals surface area contributed by atoms with Crippen molar-refractivity contribution < 1.29 is 9.53 Å². The zero-order chi connectivity index (χ0) is 16.3. The smallest absolute Gasteiger partial charge is 0.253 e. The Balaban J connectivity index is 1.80. The van der Waals surface area contributed by atoms with Crippen molar-refractivity contribution in [3.63, 3.8) is 0 Å². The fourth-order valence-electron chi connectivity index (χ4n) is 3.23. The van der Waals surface area contributed by atoms with Gasteiger partial charge in [0.25, 0.3) is 5.91 Å². The van der Waals surface area contributed by atoms with Crippen molar-refractivity contribution in [2.24, 2.45) is 0 Å². The molecule has 0 saturated carbocycles. The summed E-state index contributed by atoms with van der Waals surface area (Å²) < 4.78 is 5.93. The van der Waals surface area contributed by atoms with Gasteiger partial charge >= 0.3 is 0 Å². The molecule has 1 heterocycles. The van der Waals surface area contributed by atoms with Crippen LogP contribution in [-0.2, 0) is 10.3 Å². The Morgan fingerprint density at radius 2 is 1.74 bits per heavy atom. The summed E-state index contributed by atoms with van der Waals surface area (Å²) in [5.41, 5.74) is 1.49. The highest BCUT2D eigenvalue weighted by Crippen LogP contribution is 2.40. The fraction of sp³-hybridized carbons (Fsp3) is 0.316. The van der Waals surface area contributed by atoms with Gasteiger partial charge in [0.2, 0.25) is 0 Å². The highest BCUT2D eigenvalue weighted by atomic mass is 79.9. The van der Waals surface area contributed by atoms with Crippen molar-refractivity contribution in [1.82, 2.24) is 4.90 Å².